The fourth-order valence-electron chi connectivity index (χ4n) is 2.03. The fourth-order valence-corrected chi connectivity index (χ4v) is 2.80. The Morgan fingerprint density at radius 2 is 2.13 bits per heavy atom. The number of ether oxygens (including phenoxy) is 2. The molecule has 0 aliphatic rings. The van der Waals surface area contributed by atoms with Gasteiger partial charge in [-0.1, -0.05) is 24.3 Å². The Labute approximate surface area is 139 Å². The first kappa shape index (κ1) is 17.5. The summed E-state index contributed by atoms with van der Waals surface area (Å²) in [5.41, 5.74) is 0.989. The van der Waals surface area contributed by atoms with Gasteiger partial charge in [0.05, 0.1) is 13.2 Å². The molecule has 0 spiro atoms. The number of aryl methyl sites for hydroxylation is 1. The second-order valence-electron chi connectivity index (χ2n) is 4.96. The third-order valence-corrected chi connectivity index (χ3v) is 4.17. The maximum absolute atomic E-state index is 11.9. The normalized spacial score (nSPS) is 11.9. The summed E-state index contributed by atoms with van der Waals surface area (Å²) >= 11 is 1.56. The van der Waals surface area contributed by atoms with Crippen LogP contribution < -0.4 is 10.1 Å². The number of aliphatic hydroxyl groups excluding tert-OH is 1. The van der Waals surface area contributed by atoms with Crippen LogP contribution in [0, 0.1) is 6.92 Å². The summed E-state index contributed by atoms with van der Waals surface area (Å²) in [5, 5.41) is 13.7. The van der Waals surface area contributed by atoms with E-state index in [1.807, 2.05) is 48.7 Å². The number of amides is 1. The van der Waals surface area contributed by atoms with Crippen molar-refractivity contribution in [1.29, 1.82) is 0 Å². The van der Waals surface area contributed by atoms with E-state index in [1.165, 1.54) is 0 Å². The van der Waals surface area contributed by atoms with Crippen LogP contribution in [0.4, 0.5) is 0 Å². The molecule has 1 aromatic heterocycles. The second-order valence-corrected chi connectivity index (χ2v) is 5.94. The first-order valence-corrected chi connectivity index (χ1v) is 8.29. The van der Waals surface area contributed by atoms with Gasteiger partial charge in [0.15, 0.2) is 6.61 Å². The fraction of sp³-hybridized carbons (Fsp3) is 0.353. The van der Waals surface area contributed by atoms with Crippen LogP contribution in [0.1, 0.15) is 16.5 Å². The topological polar surface area (TPSA) is 67.8 Å². The smallest absolute Gasteiger partial charge is 0.258 e. The molecule has 0 radical (unpaired) electrons. The summed E-state index contributed by atoms with van der Waals surface area (Å²) in [6, 6.07) is 11.4. The first-order chi connectivity index (χ1) is 11.2. The Morgan fingerprint density at radius 1 is 1.30 bits per heavy atom. The minimum absolute atomic E-state index is 0.0397. The quantitative estimate of drug-likeness (QED) is 0.738. The van der Waals surface area contributed by atoms with Gasteiger partial charge < -0.3 is 19.9 Å². The highest BCUT2D eigenvalue weighted by Gasteiger charge is 2.15. The molecule has 0 fully saturated rings. The number of carbonyl (C=O) groups excluding carboxylic acids is 1. The molecule has 0 saturated heterocycles. The maximum atomic E-state index is 11.9. The van der Waals surface area contributed by atoms with E-state index < -0.39 is 0 Å². The number of hydrogen-bond donors (Lipinski definition) is 2. The second kappa shape index (κ2) is 9.29. The molecule has 1 aromatic carbocycles. The molecule has 0 aliphatic carbocycles. The zero-order chi connectivity index (χ0) is 16.5. The Kier molecular flexibility index (Phi) is 7.06. The van der Waals surface area contributed by atoms with Gasteiger partial charge in [-0.05, 0) is 30.0 Å². The molecule has 2 rings (SSSR count). The molecular weight excluding hydrogens is 314 g/mol. The van der Waals surface area contributed by atoms with Crippen LogP contribution in [0.15, 0.2) is 41.8 Å². The summed E-state index contributed by atoms with van der Waals surface area (Å²) in [6.07, 6.45) is -0.260. The molecule has 0 saturated carbocycles. The number of aliphatic hydroxyl groups is 1. The lowest BCUT2D eigenvalue weighted by atomic mass is 10.2. The van der Waals surface area contributed by atoms with E-state index in [-0.39, 0.29) is 31.8 Å². The van der Waals surface area contributed by atoms with Gasteiger partial charge in [0.1, 0.15) is 11.9 Å². The lowest BCUT2D eigenvalue weighted by molar-refractivity contribution is -0.123. The number of benzene rings is 1. The van der Waals surface area contributed by atoms with Crippen molar-refractivity contribution in [1.82, 2.24) is 5.32 Å². The van der Waals surface area contributed by atoms with Gasteiger partial charge in [-0.25, -0.2) is 0 Å². The van der Waals surface area contributed by atoms with Crippen molar-refractivity contribution in [2.24, 2.45) is 0 Å². The molecule has 1 unspecified atom stereocenters. The summed E-state index contributed by atoms with van der Waals surface area (Å²) in [6.45, 7) is 2.42. The standard InChI is InChI=1S/C17H21NO4S/c1-13-5-2-3-6-14(13)22-12-17(20)18-11-15(21-9-8-19)16-7-4-10-23-16/h2-7,10,15,19H,8-9,11-12H2,1H3,(H,18,20). The minimum Gasteiger partial charge on any atom is -0.484 e. The van der Waals surface area contributed by atoms with Gasteiger partial charge in [-0.15, -0.1) is 11.3 Å². The molecule has 2 aromatic rings. The van der Waals surface area contributed by atoms with Crippen molar-refractivity contribution >= 4 is 17.2 Å². The monoisotopic (exact) mass is 335 g/mol. The zero-order valence-corrected chi connectivity index (χ0v) is 13.8. The number of hydrogen-bond acceptors (Lipinski definition) is 5. The van der Waals surface area contributed by atoms with Gasteiger partial charge in [0, 0.05) is 11.4 Å². The molecule has 1 amide bonds. The molecule has 124 valence electrons. The summed E-state index contributed by atoms with van der Waals surface area (Å²) in [5.74, 6) is 0.497. The van der Waals surface area contributed by atoms with Crippen molar-refractivity contribution in [2.45, 2.75) is 13.0 Å². The van der Waals surface area contributed by atoms with Crippen molar-refractivity contribution in [3.63, 3.8) is 0 Å². The van der Waals surface area contributed by atoms with Gasteiger partial charge in [-0.3, -0.25) is 4.79 Å². The molecule has 5 nitrogen and oxygen atoms in total. The molecule has 0 aliphatic heterocycles. The van der Waals surface area contributed by atoms with Crippen LogP contribution >= 0.6 is 11.3 Å². The van der Waals surface area contributed by atoms with Gasteiger partial charge in [-0.2, -0.15) is 0 Å². The van der Waals surface area contributed by atoms with E-state index in [1.54, 1.807) is 11.3 Å². The zero-order valence-electron chi connectivity index (χ0n) is 13.0. The molecule has 2 N–H and O–H groups in total. The van der Waals surface area contributed by atoms with Crippen LogP contribution in [0.25, 0.3) is 0 Å². The van der Waals surface area contributed by atoms with E-state index in [0.29, 0.717) is 12.3 Å². The lowest BCUT2D eigenvalue weighted by Gasteiger charge is -2.17. The van der Waals surface area contributed by atoms with Crippen LogP contribution in [-0.2, 0) is 9.53 Å². The van der Waals surface area contributed by atoms with Crippen molar-refractivity contribution in [2.75, 3.05) is 26.4 Å². The molecule has 6 heteroatoms. The predicted octanol–water partition coefficient (Wildman–Crippen LogP) is 2.30. The Hall–Kier alpha value is -1.89. The number of carbonyl (C=O) groups is 1. The van der Waals surface area contributed by atoms with Crippen molar-refractivity contribution < 1.29 is 19.4 Å². The predicted molar refractivity (Wildman–Crippen MR) is 89.8 cm³/mol. The van der Waals surface area contributed by atoms with Crippen LogP contribution in [0.2, 0.25) is 0 Å². The molecular formula is C17H21NO4S. The van der Waals surface area contributed by atoms with E-state index >= 15 is 0 Å². The summed E-state index contributed by atoms with van der Waals surface area (Å²) < 4.78 is 11.1. The van der Waals surface area contributed by atoms with Crippen LogP contribution in [-0.4, -0.2) is 37.4 Å². The third-order valence-electron chi connectivity index (χ3n) is 3.21. The van der Waals surface area contributed by atoms with Crippen LogP contribution in [0.3, 0.4) is 0 Å². The SMILES string of the molecule is Cc1ccccc1OCC(=O)NCC(OCCO)c1cccs1. The number of thiophene rings is 1. The molecule has 0 bridgehead atoms. The molecule has 23 heavy (non-hydrogen) atoms. The first-order valence-electron chi connectivity index (χ1n) is 7.41. The van der Waals surface area contributed by atoms with Gasteiger partial charge in [0.2, 0.25) is 0 Å². The van der Waals surface area contributed by atoms with Gasteiger partial charge >= 0.3 is 0 Å². The van der Waals surface area contributed by atoms with E-state index in [2.05, 4.69) is 5.32 Å². The summed E-state index contributed by atoms with van der Waals surface area (Å²) in [7, 11) is 0. The number of rotatable bonds is 9. The van der Waals surface area contributed by atoms with E-state index in [9.17, 15) is 4.79 Å². The van der Waals surface area contributed by atoms with Crippen molar-refractivity contribution in [3.8, 4) is 5.75 Å². The number of nitrogens with one attached hydrogen (secondary N) is 1. The lowest BCUT2D eigenvalue weighted by Crippen LogP contribution is -2.33. The van der Waals surface area contributed by atoms with Crippen molar-refractivity contribution in [3.05, 3.63) is 52.2 Å². The molecule has 1 heterocycles. The van der Waals surface area contributed by atoms with Crippen LogP contribution in [0.5, 0.6) is 5.75 Å². The van der Waals surface area contributed by atoms with E-state index in [0.717, 1.165) is 10.4 Å². The Bertz CT molecular complexity index is 600. The Morgan fingerprint density at radius 3 is 2.83 bits per heavy atom. The van der Waals surface area contributed by atoms with Gasteiger partial charge in [0.25, 0.3) is 5.91 Å². The molecule has 1 atom stereocenters. The number of para-hydroxylation sites is 1. The highest BCUT2D eigenvalue weighted by Crippen LogP contribution is 2.21. The third kappa shape index (κ3) is 5.67. The average Bonchev–Trinajstić information content (AvgIpc) is 3.08. The Balaban J connectivity index is 1.80. The highest BCUT2D eigenvalue weighted by molar-refractivity contribution is 7.10. The summed E-state index contributed by atoms with van der Waals surface area (Å²) in [4.78, 5) is 13.0. The highest BCUT2D eigenvalue weighted by atomic mass is 32.1. The average molecular weight is 335 g/mol. The van der Waals surface area contributed by atoms with E-state index in [4.69, 9.17) is 14.6 Å². The minimum atomic E-state index is -0.260. The maximum Gasteiger partial charge on any atom is 0.258 e. The largest absolute Gasteiger partial charge is 0.484 e.